The first-order valence-corrected chi connectivity index (χ1v) is 7.37. The van der Waals surface area contributed by atoms with Gasteiger partial charge < -0.3 is 5.32 Å². The van der Waals surface area contributed by atoms with Crippen molar-refractivity contribution in [3.8, 4) is 0 Å². The number of carbonyl (C=O) groups is 1. The van der Waals surface area contributed by atoms with E-state index in [1.807, 2.05) is 16.9 Å². The standard InChI is InChI=1S/C15H16N6O/c22-15(11-2-3-13-14(8-11)19-20-18-13)17-12-6-10(7-12)9-21-5-1-4-16-21/h1-5,8,10,12H,6-7,9H2,(H,17,22)(H,18,19,20). The number of H-pyrrole nitrogens is 1. The van der Waals surface area contributed by atoms with Gasteiger partial charge in [-0.15, -0.1) is 0 Å². The molecule has 2 heterocycles. The van der Waals surface area contributed by atoms with Crippen LogP contribution in [0.3, 0.4) is 0 Å². The van der Waals surface area contributed by atoms with Gasteiger partial charge in [-0.05, 0) is 43.0 Å². The zero-order valence-electron chi connectivity index (χ0n) is 11.9. The number of aromatic amines is 1. The van der Waals surface area contributed by atoms with Gasteiger partial charge in [-0.1, -0.05) is 0 Å². The van der Waals surface area contributed by atoms with Gasteiger partial charge in [0.25, 0.3) is 5.91 Å². The highest BCUT2D eigenvalue weighted by atomic mass is 16.1. The molecule has 0 saturated heterocycles. The van der Waals surface area contributed by atoms with Gasteiger partial charge >= 0.3 is 0 Å². The number of amides is 1. The third kappa shape index (κ3) is 2.45. The molecule has 0 unspecified atom stereocenters. The van der Waals surface area contributed by atoms with Crippen molar-refractivity contribution in [3.63, 3.8) is 0 Å². The molecule has 1 saturated carbocycles. The van der Waals surface area contributed by atoms with Gasteiger partial charge in [-0.2, -0.15) is 20.5 Å². The summed E-state index contributed by atoms with van der Waals surface area (Å²) in [5, 5.41) is 17.8. The summed E-state index contributed by atoms with van der Waals surface area (Å²) in [7, 11) is 0. The summed E-state index contributed by atoms with van der Waals surface area (Å²) in [6.45, 7) is 0.921. The number of hydrogen-bond donors (Lipinski definition) is 2. The van der Waals surface area contributed by atoms with Crippen LogP contribution in [0.2, 0.25) is 0 Å². The van der Waals surface area contributed by atoms with Crippen molar-refractivity contribution in [2.45, 2.75) is 25.4 Å². The minimum absolute atomic E-state index is 0.0487. The van der Waals surface area contributed by atoms with Crippen LogP contribution < -0.4 is 5.32 Å². The molecular weight excluding hydrogens is 280 g/mol. The first kappa shape index (κ1) is 13.0. The Hall–Kier alpha value is -2.70. The predicted molar refractivity (Wildman–Crippen MR) is 80.1 cm³/mol. The van der Waals surface area contributed by atoms with Crippen molar-refractivity contribution in [1.29, 1.82) is 0 Å². The Morgan fingerprint density at radius 3 is 3.00 bits per heavy atom. The predicted octanol–water partition coefficient (Wildman–Crippen LogP) is 1.36. The van der Waals surface area contributed by atoms with Crippen LogP contribution in [0.4, 0.5) is 0 Å². The summed E-state index contributed by atoms with van der Waals surface area (Å²) < 4.78 is 1.95. The van der Waals surface area contributed by atoms with Crippen LogP contribution in [0.15, 0.2) is 36.7 Å². The van der Waals surface area contributed by atoms with Gasteiger partial charge in [-0.25, -0.2) is 0 Å². The van der Waals surface area contributed by atoms with Crippen molar-refractivity contribution in [1.82, 2.24) is 30.5 Å². The number of nitrogens with zero attached hydrogens (tertiary/aromatic N) is 4. The molecule has 1 aliphatic rings. The lowest BCUT2D eigenvalue weighted by Gasteiger charge is -2.35. The first-order chi connectivity index (χ1) is 10.8. The molecular formula is C15H16N6O. The SMILES string of the molecule is O=C(NC1CC(Cn2cccn2)C1)c1ccc2n[nH]nc2c1. The van der Waals surface area contributed by atoms with E-state index in [1.165, 1.54) is 0 Å². The Morgan fingerprint density at radius 2 is 2.18 bits per heavy atom. The summed E-state index contributed by atoms with van der Waals surface area (Å²) in [6.07, 6.45) is 5.76. The van der Waals surface area contributed by atoms with E-state index in [0.29, 0.717) is 17.0 Å². The molecule has 0 atom stereocenters. The molecule has 1 amide bonds. The van der Waals surface area contributed by atoms with Crippen LogP contribution in [0.25, 0.3) is 11.0 Å². The minimum atomic E-state index is -0.0487. The van der Waals surface area contributed by atoms with Crippen LogP contribution in [0, 0.1) is 5.92 Å². The number of fused-ring (bicyclic) bond motifs is 1. The lowest BCUT2D eigenvalue weighted by atomic mass is 9.80. The Kier molecular flexibility index (Phi) is 3.10. The van der Waals surface area contributed by atoms with E-state index < -0.39 is 0 Å². The maximum absolute atomic E-state index is 12.3. The summed E-state index contributed by atoms with van der Waals surface area (Å²) in [5.74, 6) is 0.538. The highest BCUT2D eigenvalue weighted by Gasteiger charge is 2.30. The number of benzene rings is 1. The third-order valence-electron chi connectivity index (χ3n) is 4.15. The van der Waals surface area contributed by atoms with E-state index in [0.717, 1.165) is 24.9 Å². The molecule has 2 aromatic heterocycles. The summed E-state index contributed by atoms with van der Waals surface area (Å²) in [6, 6.07) is 7.52. The summed E-state index contributed by atoms with van der Waals surface area (Å²) in [5.41, 5.74) is 2.09. The average Bonchev–Trinajstić information content (AvgIpc) is 3.15. The fourth-order valence-electron chi connectivity index (χ4n) is 2.93. The van der Waals surface area contributed by atoms with Gasteiger partial charge in [0, 0.05) is 30.5 Å². The molecule has 3 aromatic rings. The molecule has 0 spiro atoms. The topological polar surface area (TPSA) is 88.5 Å². The minimum Gasteiger partial charge on any atom is -0.349 e. The Balaban J connectivity index is 1.33. The van der Waals surface area contributed by atoms with E-state index in [-0.39, 0.29) is 11.9 Å². The monoisotopic (exact) mass is 296 g/mol. The second-order valence-electron chi connectivity index (χ2n) is 5.76. The largest absolute Gasteiger partial charge is 0.349 e. The van der Waals surface area contributed by atoms with Crippen LogP contribution in [0.5, 0.6) is 0 Å². The number of carbonyl (C=O) groups excluding carboxylic acids is 1. The average molecular weight is 296 g/mol. The number of aromatic nitrogens is 5. The Morgan fingerprint density at radius 1 is 1.32 bits per heavy atom. The maximum atomic E-state index is 12.3. The van der Waals surface area contributed by atoms with Gasteiger partial charge in [0.15, 0.2) is 0 Å². The molecule has 7 nitrogen and oxygen atoms in total. The fourth-order valence-corrected chi connectivity index (χ4v) is 2.93. The first-order valence-electron chi connectivity index (χ1n) is 7.37. The van der Waals surface area contributed by atoms with E-state index in [9.17, 15) is 4.79 Å². The molecule has 2 N–H and O–H groups in total. The van der Waals surface area contributed by atoms with Crippen molar-refractivity contribution in [2.24, 2.45) is 5.92 Å². The van der Waals surface area contributed by atoms with E-state index in [4.69, 9.17) is 0 Å². The van der Waals surface area contributed by atoms with Gasteiger partial charge in [0.1, 0.15) is 11.0 Å². The van der Waals surface area contributed by atoms with Crippen LogP contribution >= 0.6 is 0 Å². The molecule has 7 heteroatoms. The van der Waals surface area contributed by atoms with Crippen molar-refractivity contribution >= 4 is 16.9 Å². The summed E-state index contributed by atoms with van der Waals surface area (Å²) >= 11 is 0. The molecule has 0 aliphatic heterocycles. The Bertz CT molecular complexity index is 787. The van der Waals surface area contributed by atoms with Gasteiger partial charge in [-0.3, -0.25) is 9.48 Å². The van der Waals surface area contributed by atoms with Crippen molar-refractivity contribution in [3.05, 3.63) is 42.2 Å². The number of hydrogen-bond acceptors (Lipinski definition) is 4. The summed E-state index contributed by atoms with van der Waals surface area (Å²) in [4.78, 5) is 12.3. The highest BCUT2D eigenvalue weighted by Crippen LogP contribution is 2.29. The highest BCUT2D eigenvalue weighted by molar-refractivity contribution is 5.97. The second kappa shape index (κ2) is 5.25. The zero-order chi connectivity index (χ0) is 14.9. The van der Waals surface area contributed by atoms with Gasteiger partial charge in [0.05, 0.1) is 0 Å². The smallest absolute Gasteiger partial charge is 0.251 e. The van der Waals surface area contributed by atoms with Crippen molar-refractivity contribution in [2.75, 3.05) is 0 Å². The zero-order valence-corrected chi connectivity index (χ0v) is 11.9. The van der Waals surface area contributed by atoms with E-state index >= 15 is 0 Å². The van der Waals surface area contributed by atoms with E-state index in [1.54, 1.807) is 24.4 Å². The number of nitrogens with one attached hydrogen (secondary N) is 2. The van der Waals surface area contributed by atoms with Gasteiger partial charge in [0.2, 0.25) is 0 Å². The number of rotatable bonds is 4. The van der Waals surface area contributed by atoms with Crippen LogP contribution in [0.1, 0.15) is 23.2 Å². The van der Waals surface area contributed by atoms with E-state index in [2.05, 4.69) is 25.8 Å². The second-order valence-corrected chi connectivity index (χ2v) is 5.76. The quantitative estimate of drug-likeness (QED) is 0.761. The van der Waals surface area contributed by atoms with Crippen LogP contribution in [-0.2, 0) is 6.54 Å². The van der Waals surface area contributed by atoms with Crippen LogP contribution in [-0.4, -0.2) is 37.1 Å². The molecule has 4 rings (SSSR count). The maximum Gasteiger partial charge on any atom is 0.251 e. The molecule has 1 aromatic carbocycles. The lowest BCUT2D eigenvalue weighted by molar-refractivity contribution is 0.0879. The Labute approximate surface area is 126 Å². The third-order valence-corrected chi connectivity index (χ3v) is 4.15. The van der Waals surface area contributed by atoms with Crippen molar-refractivity contribution < 1.29 is 4.79 Å². The molecule has 1 fully saturated rings. The normalized spacial score (nSPS) is 20.7. The molecule has 112 valence electrons. The molecule has 0 radical (unpaired) electrons. The molecule has 0 bridgehead atoms. The molecule has 1 aliphatic carbocycles. The molecule has 22 heavy (non-hydrogen) atoms. The lowest BCUT2D eigenvalue weighted by Crippen LogP contribution is -2.45. The fraction of sp³-hybridized carbons (Fsp3) is 0.333.